The molecule has 1 rings (SSSR count). The van der Waals surface area contributed by atoms with Crippen LogP contribution in [0.5, 0.6) is 0 Å². The molecule has 0 aromatic heterocycles. The largest absolute Gasteiger partial charge is 0.355 e. The zero-order chi connectivity index (χ0) is 16.9. The molecule has 0 saturated carbocycles. The Labute approximate surface area is 133 Å². The van der Waals surface area contributed by atoms with E-state index in [1.54, 1.807) is 11.9 Å². The van der Waals surface area contributed by atoms with Crippen LogP contribution in [0.25, 0.3) is 0 Å². The average molecular weight is 304 g/mol. The van der Waals surface area contributed by atoms with Crippen molar-refractivity contribution >= 4 is 11.8 Å². The van der Waals surface area contributed by atoms with Crippen molar-refractivity contribution in [1.29, 1.82) is 0 Å². The second-order valence-corrected chi connectivity index (χ2v) is 6.85. The van der Waals surface area contributed by atoms with Gasteiger partial charge in [-0.15, -0.1) is 0 Å². The van der Waals surface area contributed by atoms with Crippen molar-refractivity contribution in [1.82, 2.24) is 10.2 Å². The van der Waals surface area contributed by atoms with Crippen molar-refractivity contribution in [2.24, 2.45) is 5.41 Å². The van der Waals surface area contributed by atoms with Gasteiger partial charge in [0.2, 0.25) is 11.8 Å². The van der Waals surface area contributed by atoms with Gasteiger partial charge in [-0.05, 0) is 19.4 Å². The summed E-state index contributed by atoms with van der Waals surface area (Å²) in [6, 6.07) is 8.21. The van der Waals surface area contributed by atoms with E-state index in [1.165, 1.54) is 5.56 Å². The van der Waals surface area contributed by atoms with Gasteiger partial charge >= 0.3 is 0 Å². The minimum Gasteiger partial charge on any atom is -0.355 e. The maximum Gasteiger partial charge on any atom is 0.225 e. The van der Waals surface area contributed by atoms with Crippen LogP contribution in [0.3, 0.4) is 0 Å². The second-order valence-electron chi connectivity index (χ2n) is 6.85. The van der Waals surface area contributed by atoms with Gasteiger partial charge in [0, 0.05) is 25.4 Å². The number of hydrogen-bond acceptors (Lipinski definition) is 2. The van der Waals surface area contributed by atoms with Gasteiger partial charge in [0.1, 0.15) is 0 Å². The fourth-order valence-corrected chi connectivity index (χ4v) is 2.01. The Morgan fingerprint density at radius 1 is 1.18 bits per heavy atom. The highest BCUT2D eigenvalue weighted by Crippen LogP contribution is 2.19. The summed E-state index contributed by atoms with van der Waals surface area (Å²) in [4.78, 5) is 25.7. The van der Waals surface area contributed by atoms with E-state index < -0.39 is 5.41 Å². The molecule has 2 amide bonds. The predicted octanol–water partition coefficient (Wildman–Crippen LogP) is 3.07. The summed E-state index contributed by atoms with van der Waals surface area (Å²) >= 11 is 0. The molecule has 4 nitrogen and oxygen atoms in total. The van der Waals surface area contributed by atoms with Crippen molar-refractivity contribution in [3.8, 4) is 0 Å². The molecule has 1 unspecified atom stereocenters. The van der Waals surface area contributed by atoms with Gasteiger partial charge in [0.25, 0.3) is 0 Å². The van der Waals surface area contributed by atoms with Crippen LogP contribution < -0.4 is 5.32 Å². The van der Waals surface area contributed by atoms with E-state index in [0.29, 0.717) is 13.0 Å². The zero-order valence-corrected chi connectivity index (χ0v) is 14.6. The third kappa shape index (κ3) is 5.17. The molecule has 122 valence electrons. The lowest BCUT2D eigenvalue weighted by atomic mass is 9.96. The standard InChI is InChI=1S/C18H28N2O2/c1-13-7-9-15(10-8-13)14(2)20(6)16(21)11-12-19-17(22)18(3,4)5/h7-10,14H,11-12H2,1-6H3,(H,19,22). The van der Waals surface area contributed by atoms with Gasteiger partial charge in [0.05, 0.1) is 6.04 Å². The van der Waals surface area contributed by atoms with Crippen molar-refractivity contribution in [3.63, 3.8) is 0 Å². The number of rotatable bonds is 5. The lowest BCUT2D eigenvalue weighted by molar-refractivity contribution is -0.132. The summed E-state index contributed by atoms with van der Waals surface area (Å²) < 4.78 is 0. The van der Waals surface area contributed by atoms with E-state index in [2.05, 4.69) is 5.32 Å². The second kappa shape index (κ2) is 7.43. The van der Waals surface area contributed by atoms with Gasteiger partial charge < -0.3 is 10.2 Å². The number of hydrogen-bond donors (Lipinski definition) is 1. The van der Waals surface area contributed by atoms with Crippen molar-refractivity contribution in [2.75, 3.05) is 13.6 Å². The molecule has 1 aromatic rings. The van der Waals surface area contributed by atoms with Gasteiger partial charge in [-0.1, -0.05) is 50.6 Å². The molecule has 0 aliphatic carbocycles. The van der Waals surface area contributed by atoms with Crippen LogP contribution in [0.1, 0.15) is 51.3 Å². The summed E-state index contributed by atoms with van der Waals surface area (Å²) in [5.41, 5.74) is 1.89. The quantitative estimate of drug-likeness (QED) is 0.909. The van der Waals surface area contributed by atoms with Gasteiger partial charge in [-0.3, -0.25) is 9.59 Å². The van der Waals surface area contributed by atoms with E-state index in [1.807, 2.05) is 58.9 Å². The monoisotopic (exact) mass is 304 g/mol. The molecule has 0 saturated heterocycles. The lowest BCUT2D eigenvalue weighted by Gasteiger charge is -2.26. The SMILES string of the molecule is Cc1ccc(C(C)N(C)C(=O)CCNC(=O)C(C)(C)C)cc1. The molecule has 1 atom stereocenters. The van der Waals surface area contributed by atoms with Gasteiger partial charge in [-0.2, -0.15) is 0 Å². The van der Waals surface area contributed by atoms with Gasteiger partial charge in [0.15, 0.2) is 0 Å². The highest BCUT2D eigenvalue weighted by molar-refractivity contribution is 5.82. The van der Waals surface area contributed by atoms with E-state index in [-0.39, 0.29) is 17.9 Å². The molecular weight excluding hydrogens is 276 g/mol. The molecule has 1 aromatic carbocycles. The number of nitrogens with zero attached hydrogens (tertiary/aromatic N) is 1. The van der Waals surface area contributed by atoms with Crippen molar-refractivity contribution in [2.45, 2.75) is 47.1 Å². The van der Waals surface area contributed by atoms with Crippen LogP contribution >= 0.6 is 0 Å². The molecule has 4 heteroatoms. The first-order valence-electron chi connectivity index (χ1n) is 7.73. The topological polar surface area (TPSA) is 49.4 Å². The van der Waals surface area contributed by atoms with Crippen molar-refractivity contribution in [3.05, 3.63) is 35.4 Å². The fraction of sp³-hybridized carbons (Fsp3) is 0.556. The van der Waals surface area contributed by atoms with Crippen LogP contribution in [-0.2, 0) is 9.59 Å². The molecule has 0 bridgehead atoms. The van der Waals surface area contributed by atoms with E-state index in [9.17, 15) is 9.59 Å². The molecule has 0 aliphatic rings. The summed E-state index contributed by atoms with van der Waals surface area (Å²) in [5, 5.41) is 2.81. The first kappa shape index (κ1) is 18.2. The van der Waals surface area contributed by atoms with Crippen molar-refractivity contribution < 1.29 is 9.59 Å². The molecular formula is C18H28N2O2. The molecule has 0 spiro atoms. The third-order valence-corrected chi connectivity index (χ3v) is 3.84. The third-order valence-electron chi connectivity index (χ3n) is 3.84. The molecule has 22 heavy (non-hydrogen) atoms. The Morgan fingerprint density at radius 2 is 1.73 bits per heavy atom. The highest BCUT2D eigenvalue weighted by Gasteiger charge is 2.22. The van der Waals surface area contributed by atoms with Crippen LogP contribution in [0.15, 0.2) is 24.3 Å². The summed E-state index contributed by atoms with van der Waals surface area (Å²) in [7, 11) is 1.80. The average Bonchev–Trinajstić information content (AvgIpc) is 2.45. The van der Waals surface area contributed by atoms with Crippen LogP contribution in [-0.4, -0.2) is 30.3 Å². The Hall–Kier alpha value is -1.84. The number of aryl methyl sites for hydroxylation is 1. The minimum atomic E-state index is -0.426. The number of amides is 2. The van der Waals surface area contributed by atoms with E-state index in [4.69, 9.17) is 0 Å². The lowest BCUT2D eigenvalue weighted by Crippen LogP contribution is -2.38. The number of carbonyl (C=O) groups is 2. The van der Waals surface area contributed by atoms with Crippen LogP contribution in [0.4, 0.5) is 0 Å². The van der Waals surface area contributed by atoms with E-state index >= 15 is 0 Å². The Bertz CT molecular complexity index is 515. The maximum atomic E-state index is 12.2. The predicted molar refractivity (Wildman–Crippen MR) is 89.4 cm³/mol. The summed E-state index contributed by atoms with van der Waals surface area (Å²) in [5.74, 6) is -0.00294. The summed E-state index contributed by atoms with van der Waals surface area (Å²) in [6.07, 6.45) is 0.314. The molecule has 0 radical (unpaired) electrons. The highest BCUT2D eigenvalue weighted by atomic mass is 16.2. The Morgan fingerprint density at radius 3 is 2.23 bits per heavy atom. The first-order chi connectivity index (χ1) is 10.1. The smallest absolute Gasteiger partial charge is 0.225 e. The van der Waals surface area contributed by atoms with E-state index in [0.717, 1.165) is 5.56 Å². The van der Waals surface area contributed by atoms with Gasteiger partial charge in [-0.25, -0.2) is 0 Å². The number of nitrogens with one attached hydrogen (secondary N) is 1. The number of carbonyl (C=O) groups excluding carboxylic acids is 2. The molecule has 0 fully saturated rings. The normalized spacial score (nSPS) is 12.6. The zero-order valence-electron chi connectivity index (χ0n) is 14.6. The first-order valence-corrected chi connectivity index (χ1v) is 7.73. The molecule has 0 aliphatic heterocycles. The molecule has 0 heterocycles. The fourth-order valence-electron chi connectivity index (χ4n) is 2.01. The summed E-state index contributed by atoms with van der Waals surface area (Å²) in [6.45, 7) is 10.00. The number of benzene rings is 1. The van der Waals surface area contributed by atoms with Crippen LogP contribution in [0.2, 0.25) is 0 Å². The Kier molecular flexibility index (Phi) is 6.15. The molecule has 1 N–H and O–H groups in total. The maximum absolute atomic E-state index is 12.2. The Balaban J connectivity index is 2.51. The minimum absolute atomic E-state index is 0.0198. The van der Waals surface area contributed by atoms with Crippen LogP contribution in [0, 0.1) is 12.3 Å².